The van der Waals surface area contributed by atoms with Crippen LogP contribution in [0.1, 0.15) is 12.8 Å². The van der Waals surface area contributed by atoms with Gasteiger partial charge in [0.2, 0.25) is 0 Å². The van der Waals surface area contributed by atoms with E-state index in [9.17, 15) is 0 Å². The summed E-state index contributed by atoms with van der Waals surface area (Å²) in [5, 5.41) is 0. The second kappa shape index (κ2) is 2.75. The Balaban J connectivity index is -0.00000000178. The van der Waals surface area contributed by atoms with Crippen molar-refractivity contribution in [2.45, 2.75) is 0 Å². The van der Waals surface area contributed by atoms with Crippen LogP contribution >= 0.6 is 0 Å². The van der Waals surface area contributed by atoms with E-state index in [4.69, 9.17) is 17.5 Å². The van der Waals surface area contributed by atoms with Gasteiger partial charge in [0.1, 0.15) is 0 Å². The number of hydrogen-bond donors (Lipinski definition) is 2. The standard InChI is InChI=1S/Mg.H2O4S.7H2.2H/c;1-5(2,3)4;;;;;;;;;/h;(H2,1,2,3,4);7*1H;;/q+2;;;;;;;;;2*-1. The maximum atomic E-state index is 8.74. The van der Waals surface area contributed by atoms with Crippen LogP contribution in [0, 0.1) is 0 Å². The molecule has 0 unspecified atom stereocenters. The summed E-state index contributed by atoms with van der Waals surface area (Å²) in [6, 6.07) is 0. The van der Waals surface area contributed by atoms with E-state index in [1.54, 1.807) is 0 Å². The van der Waals surface area contributed by atoms with Gasteiger partial charge in [-0.15, -0.1) is 0 Å². The first-order valence-corrected chi connectivity index (χ1v) is 2.10. The average molecular weight is 139 g/mol. The van der Waals surface area contributed by atoms with Gasteiger partial charge in [-0.2, -0.15) is 8.42 Å². The molecule has 0 saturated carbocycles. The summed E-state index contributed by atoms with van der Waals surface area (Å²) in [5.74, 6) is 0. The van der Waals surface area contributed by atoms with E-state index >= 15 is 0 Å². The van der Waals surface area contributed by atoms with Gasteiger partial charge in [0, 0.05) is 9.99 Å². The molecule has 0 aliphatic heterocycles. The average Bonchev–Trinajstić information content (AvgIpc) is 0.722. The van der Waals surface area contributed by atoms with Gasteiger partial charge in [0.15, 0.2) is 0 Å². The summed E-state index contributed by atoms with van der Waals surface area (Å²) in [7, 11) is -4.67. The molecule has 0 aliphatic carbocycles. The van der Waals surface area contributed by atoms with Crippen LogP contribution in [-0.2, 0) is 10.4 Å². The molecule has 2 N–H and O–H groups in total. The van der Waals surface area contributed by atoms with Gasteiger partial charge in [-0.1, -0.05) is 0 Å². The third-order valence-electron chi connectivity index (χ3n) is 0. The minimum Gasteiger partial charge on any atom is -1.00 e. The zero-order valence-electron chi connectivity index (χ0n) is 4.83. The van der Waals surface area contributed by atoms with Gasteiger partial charge < -0.3 is 2.85 Å². The minimum absolute atomic E-state index is 0. The summed E-state index contributed by atoms with van der Waals surface area (Å²) in [5.41, 5.74) is 0. The van der Waals surface area contributed by atoms with Crippen LogP contribution in [0.5, 0.6) is 0 Å². The topological polar surface area (TPSA) is 74.6 Å². The predicted octanol–water partition coefficient (Wildman–Crippen LogP) is 0.913. The second-order valence-electron chi connectivity index (χ2n) is 0.448. The summed E-state index contributed by atoms with van der Waals surface area (Å²) in [6.07, 6.45) is 0. The van der Waals surface area contributed by atoms with Crippen LogP contribution in [0.3, 0.4) is 0 Å². The molecule has 0 spiro atoms. The molecule has 50 valence electrons. The van der Waals surface area contributed by atoms with E-state index in [-0.39, 0.29) is 35.9 Å². The van der Waals surface area contributed by atoms with Crippen molar-refractivity contribution in [1.82, 2.24) is 0 Å². The Hall–Kier alpha value is 0.636. The Morgan fingerprint density at radius 3 is 1.50 bits per heavy atom. The maximum absolute atomic E-state index is 8.74. The normalized spacial score (nSPS) is 9.67. The molecule has 0 amide bonds. The molecule has 0 aromatic heterocycles. The quantitative estimate of drug-likeness (QED) is 0.386. The van der Waals surface area contributed by atoms with Crippen molar-refractivity contribution in [2.75, 3.05) is 0 Å². The molecular formula is H18MgO4S. The molecule has 0 radical (unpaired) electrons. The van der Waals surface area contributed by atoms with Crippen LogP contribution in [0.25, 0.3) is 0 Å². The van der Waals surface area contributed by atoms with E-state index < -0.39 is 10.4 Å². The first kappa shape index (κ1) is 9.81. The van der Waals surface area contributed by atoms with Gasteiger partial charge >= 0.3 is 33.5 Å². The van der Waals surface area contributed by atoms with E-state index in [2.05, 4.69) is 0 Å². The molecule has 0 atom stereocenters. The fourth-order valence-corrected chi connectivity index (χ4v) is 0. The summed E-state index contributed by atoms with van der Waals surface area (Å²) in [6.45, 7) is 0. The minimum atomic E-state index is -4.67. The van der Waals surface area contributed by atoms with Crippen molar-refractivity contribution in [3.8, 4) is 0 Å². The van der Waals surface area contributed by atoms with E-state index in [1.807, 2.05) is 0 Å². The largest absolute Gasteiger partial charge is 2.00 e. The molecule has 6 heteroatoms. The molecular weight excluding hydrogens is 120 g/mol. The fraction of sp³-hybridized carbons (Fsp3) is 0. The molecule has 0 saturated heterocycles. The Labute approximate surface area is 64.6 Å². The Morgan fingerprint density at radius 1 is 1.50 bits per heavy atom. The maximum Gasteiger partial charge on any atom is 2.00 e. The molecule has 0 fully saturated rings. The van der Waals surface area contributed by atoms with Crippen molar-refractivity contribution in [2.24, 2.45) is 0 Å². The number of hydrogen-bond acceptors (Lipinski definition) is 2. The fourth-order valence-electron chi connectivity index (χ4n) is 0. The van der Waals surface area contributed by atoms with Gasteiger partial charge in [-0.25, -0.2) is 0 Å². The van der Waals surface area contributed by atoms with E-state index in [1.165, 1.54) is 0 Å². The third kappa shape index (κ3) is 151. The molecule has 0 aliphatic rings. The molecule has 0 aromatic carbocycles. The first-order valence-electron chi connectivity index (χ1n) is 0.698. The molecule has 0 heterocycles. The second-order valence-corrected chi connectivity index (χ2v) is 1.34. The van der Waals surface area contributed by atoms with Crippen LogP contribution in [0.15, 0.2) is 0 Å². The Bertz CT molecular complexity index is 105. The van der Waals surface area contributed by atoms with Gasteiger partial charge in [0.25, 0.3) is 0 Å². The molecule has 6 heavy (non-hydrogen) atoms. The van der Waals surface area contributed by atoms with Gasteiger partial charge in [0.05, 0.1) is 0 Å². The van der Waals surface area contributed by atoms with E-state index in [0.29, 0.717) is 0 Å². The van der Waals surface area contributed by atoms with Gasteiger partial charge in [-0.05, 0) is 0 Å². The zero-order valence-corrected chi connectivity index (χ0v) is 5.06. The molecule has 4 nitrogen and oxygen atoms in total. The van der Waals surface area contributed by atoms with Crippen molar-refractivity contribution in [1.29, 1.82) is 0 Å². The summed E-state index contributed by atoms with van der Waals surface area (Å²) in [4.78, 5) is 0. The monoisotopic (exact) mass is 138 g/mol. The zero-order chi connectivity index (χ0) is 4.50. The summed E-state index contributed by atoms with van der Waals surface area (Å²) < 4.78 is 31.6. The van der Waals surface area contributed by atoms with Crippen LogP contribution in [-0.4, -0.2) is 40.6 Å². The van der Waals surface area contributed by atoms with Crippen LogP contribution in [0.4, 0.5) is 0 Å². The van der Waals surface area contributed by atoms with Crippen molar-refractivity contribution >= 4 is 33.5 Å². The third-order valence-corrected chi connectivity index (χ3v) is 0. The Kier molecular flexibility index (Phi) is 4.50. The predicted molar refractivity (Wildman–Crippen MR) is 37.0 cm³/mol. The number of rotatable bonds is 0. The SMILES string of the molecule is O=S(=O)(O)O.[H-].[H-].[HH].[HH].[HH].[HH].[HH].[HH].[HH].[Mg+2]. The van der Waals surface area contributed by atoms with Crippen molar-refractivity contribution in [3.63, 3.8) is 0 Å². The van der Waals surface area contributed by atoms with Crippen LogP contribution < -0.4 is 0 Å². The Morgan fingerprint density at radius 2 is 1.50 bits per heavy atom. The first-order chi connectivity index (χ1) is 2.00. The van der Waals surface area contributed by atoms with Gasteiger partial charge in [-0.3, -0.25) is 9.11 Å². The molecule has 0 rings (SSSR count). The van der Waals surface area contributed by atoms with Crippen molar-refractivity contribution < 1.29 is 30.4 Å². The van der Waals surface area contributed by atoms with Crippen molar-refractivity contribution in [3.05, 3.63) is 0 Å². The van der Waals surface area contributed by atoms with Crippen LogP contribution in [0.2, 0.25) is 0 Å². The molecule has 0 aromatic rings. The summed E-state index contributed by atoms with van der Waals surface area (Å²) >= 11 is 0. The smallest absolute Gasteiger partial charge is 1.00 e. The van der Waals surface area contributed by atoms with E-state index in [0.717, 1.165) is 0 Å². The molecule has 0 bridgehead atoms.